The minimum atomic E-state index is -4.42. The highest BCUT2D eigenvalue weighted by Crippen LogP contribution is 2.37. The fourth-order valence-corrected chi connectivity index (χ4v) is 4.06. The van der Waals surface area contributed by atoms with E-state index in [1.54, 1.807) is 30.0 Å². The molecule has 3 aromatic carbocycles. The van der Waals surface area contributed by atoms with Crippen LogP contribution in [0, 0.1) is 18.3 Å². The first kappa shape index (κ1) is 21.4. The summed E-state index contributed by atoms with van der Waals surface area (Å²) in [6.45, 7) is 2.22. The van der Waals surface area contributed by atoms with E-state index in [0.29, 0.717) is 29.8 Å². The van der Waals surface area contributed by atoms with Crippen LogP contribution in [-0.4, -0.2) is 17.5 Å². The van der Waals surface area contributed by atoms with E-state index >= 15 is 0 Å². The molecule has 0 radical (unpaired) electrons. The Morgan fingerprint density at radius 1 is 1.09 bits per heavy atom. The summed E-state index contributed by atoms with van der Waals surface area (Å²) >= 11 is 0. The molecular weight excluding hydrogens is 415 g/mol. The lowest BCUT2D eigenvalue weighted by Crippen LogP contribution is -2.43. The van der Waals surface area contributed by atoms with E-state index in [0.717, 1.165) is 28.8 Å². The lowest BCUT2D eigenvalue weighted by Gasteiger charge is -2.38. The number of amides is 2. The maximum Gasteiger partial charge on any atom is 0.416 e. The van der Waals surface area contributed by atoms with E-state index in [4.69, 9.17) is 5.26 Å². The Kier molecular flexibility index (Phi) is 5.62. The molecule has 0 spiro atoms. The molecule has 162 valence electrons. The third-order valence-corrected chi connectivity index (χ3v) is 5.70. The number of fused-ring (bicyclic) bond motifs is 1. The van der Waals surface area contributed by atoms with Crippen LogP contribution in [-0.2, 0) is 12.6 Å². The third kappa shape index (κ3) is 4.17. The van der Waals surface area contributed by atoms with E-state index in [9.17, 15) is 18.0 Å². The van der Waals surface area contributed by atoms with Crippen molar-refractivity contribution in [2.45, 2.75) is 25.6 Å². The summed E-state index contributed by atoms with van der Waals surface area (Å²) in [4.78, 5) is 14.9. The van der Waals surface area contributed by atoms with Crippen LogP contribution in [0.3, 0.4) is 0 Å². The minimum absolute atomic E-state index is 0.350. The quantitative estimate of drug-likeness (QED) is 0.532. The second-order valence-corrected chi connectivity index (χ2v) is 7.74. The number of anilines is 1. The van der Waals surface area contributed by atoms with Crippen molar-refractivity contribution in [3.05, 3.63) is 100 Å². The fourth-order valence-electron chi connectivity index (χ4n) is 4.06. The summed E-state index contributed by atoms with van der Waals surface area (Å²) in [5.41, 5.74) is 3.67. The van der Waals surface area contributed by atoms with Crippen molar-refractivity contribution in [2.75, 3.05) is 11.9 Å². The summed E-state index contributed by atoms with van der Waals surface area (Å²) in [5.74, 6) is 0. The van der Waals surface area contributed by atoms with E-state index < -0.39 is 17.8 Å². The maximum absolute atomic E-state index is 13.3. The number of nitrogens with zero attached hydrogens (tertiary/aromatic N) is 2. The van der Waals surface area contributed by atoms with Gasteiger partial charge in [0.05, 0.1) is 23.2 Å². The molecule has 4 rings (SSSR count). The molecule has 2 amide bonds. The summed E-state index contributed by atoms with van der Waals surface area (Å²) < 4.78 is 39.1. The third-order valence-electron chi connectivity index (χ3n) is 5.70. The van der Waals surface area contributed by atoms with Crippen molar-refractivity contribution < 1.29 is 18.0 Å². The van der Waals surface area contributed by atoms with Crippen molar-refractivity contribution in [1.82, 2.24) is 4.90 Å². The Morgan fingerprint density at radius 2 is 1.81 bits per heavy atom. The number of carbonyl (C=O) groups is 1. The van der Waals surface area contributed by atoms with Crippen LogP contribution in [0.25, 0.3) is 0 Å². The number of carbonyl (C=O) groups excluding carboxylic acids is 1. The van der Waals surface area contributed by atoms with Crippen LogP contribution in [0.1, 0.15) is 39.4 Å². The number of halogens is 3. The van der Waals surface area contributed by atoms with E-state index in [1.165, 1.54) is 12.1 Å². The van der Waals surface area contributed by atoms with E-state index in [1.807, 2.05) is 24.3 Å². The van der Waals surface area contributed by atoms with Gasteiger partial charge in [-0.15, -0.1) is 0 Å². The predicted molar refractivity (Wildman–Crippen MR) is 115 cm³/mol. The molecule has 0 aromatic heterocycles. The highest BCUT2D eigenvalue weighted by Gasteiger charge is 2.34. The lowest BCUT2D eigenvalue weighted by molar-refractivity contribution is -0.137. The Hall–Kier alpha value is -3.79. The van der Waals surface area contributed by atoms with Crippen LogP contribution in [0.15, 0.2) is 66.7 Å². The van der Waals surface area contributed by atoms with Gasteiger partial charge in [-0.1, -0.05) is 36.4 Å². The van der Waals surface area contributed by atoms with Crippen LogP contribution in [0.5, 0.6) is 0 Å². The smallest absolute Gasteiger partial charge is 0.313 e. The highest BCUT2D eigenvalue weighted by molar-refractivity contribution is 5.91. The molecule has 1 heterocycles. The number of benzene rings is 3. The molecule has 4 nitrogen and oxygen atoms in total. The number of rotatable bonds is 2. The van der Waals surface area contributed by atoms with Crippen LogP contribution < -0.4 is 5.32 Å². The van der Waals surface area contributed by atoms with Gasteiger partial charge in [-0.3, -0.25) is 0 Å². The molecule has 1 aliphatic rings. The van der Waals surface area contributed by atoms with Gasteiger partial charge in [0.15, 0.2) is 0 Å². The number of hydrogen-bond donors (Lipinski definition) is 1. The average Bonchev–Trinajstić information content (AvgIpc) is 2.79. The summed E-state index contributed by atoms with van der Waals surface area (Å²) in [7, 11) is 0. The molecule has 32 heavy (non-hydrogen) atoms. The van der Waals surface area contributed by atoms with Crippen LogP contribution in [0.2, 0.25) is 0 Å². The Balaban J connectivity index is 1.69. The number of alkyl halides is 3. The van der Waals surface area contributed by atoms with Gasteiger partial charge in [-0.25, -0.2) is 4.79 Å². The van der Waals surface area contributed by atoms with E-state index in [2.05, 4.69) is 11.4 Å². The number of nitriles is 1. The largest absolute Gasteiger partial charge is 0.416 e. The van der Waals surface area contributed by atoms with Crippen LogP contribution in [0.4, 0.5) is 23.7 Å². The second-order valence-electron chi connectivity index (χ2n) is 7.74. The first-order chi connectivity index (χ1) is 15.3. The number of nitrogens with one attached hydrogen (secondary N) is 1. The average molecular weight is 435 g/mol. The van der Waals surface area contributed by atoms with Gasteiger partial charge in [0.25, 0.3) is 0 Å². The van der Waals surface area contributed by atoms with Gasteiger partial charge in [0.2, 0.25) is 0 Å². The number of hydrogen-bond acceptors (Lipinski definition) is 2. The molecule has 1 atom stereocenters. The molecule has 3 aromatic rings. The fraction of sp³-hybridized carbons (Fsp3) is 0.200. The summed E-state index contributed by atoms with van der Waals surface area (Å²) in [6.07, 6.45) is -3.78. The molecular formula is C25H20F3N3O. The monoisotopic (exact) mass is 435 g/mol. The summed E-state index contributed by atoms with van der Waals surface area (Å²) in [6, 6.07) is 18.8. The molecule has 0 fully saturated rings. The maximum atomic E-state index is 13.3. The topological polar surface area (TPSA) is 56.1 Å². The number of urea groups is 1. The zero-order valence-corrected chi connectivity index (χ0v) is 17.3. The van der Waals surface area contributed by atoms with Crippen molar-refractivity contribution in [2.24, 2.45) is 0 Å². The molecule has 0 bridgehead atoms. The Labute approximate surface area is 183 Å². The van der Waals surface area contributed by atoms with Crippen molar-refractivity contribution in [3.8, 4) is 6.07 Å². The number of aryl methyl sites for hydroxylation is 1. The summed E-state index contributed by atoms with van der Waals surface area (Å²) in [5, 5.41) is 11.9. The molecule has 1 unspecified atom stereocenters. The first-order valence-electron chi connectivity index (χ1n) is 10.1. The van der Waals surface area contributed by atoms with Gasteiger partial charge < -0.3 is 10.2 Å². The van der Waals surface area contributed by atoms with Crippen molar-refractivity contribution >= 4 is 11.7 Å². The van der Waals surface area contributed by atoms with Gasteiger partial charge in [-0.2, -0.15) is 18.4 Å². The SMILES string of the molecule is Cc1cc(C#N)ccc1NC(=O)N1CCc2ccccc2C1c1ccc(C(F)(F)F)cc1. The van der Waals surface area contributed by atoms with E-state index in [-0.39, 0.29) is 6.03 Å². The van der Waals surface area contributed by atoms with Crippen molar-refractivity contribution in [1.29, 1.82) is 5.26 Å². The molecule has 0 saturated heterocycles. The molecule has 7 heteroatoms. The van der Waals surface area contributed by atoms with Gasteiger partial charge in [0, 0.05) is 12.2 Å². The second kappa shape index (κ2) is 8.39. The predicted octanol–water partition coefficient (Wildman–Crippen LogP) is 6.07. The van der Waals surface area contributed by atoms with Gasteiger partial charge in [-0.05, 0) is 65.9 Å². The lowest BCUT2D eigenvalue weighted by atomic mass is 9.88. The first-order valence-corrected chi connectivity index (χ1v) is 10.1. The normalized spacial score (nSPS) is 15.6. The zero-order valence-electron chi connectivity index (χ0n) is 17.3. The molecule has 1 N–H and O–H groups in total. The van der Waals surface area contributed by atoms with Crippen molar-refractivity contribution in [3.63, 3.8) is 0 Å². The minimum Gasteiger partial charge on any atom is -0.313 e. The highest BCUT2D eigenvalue weighted by atomic mass is 19.4. The van der Waals surface area contributed by atoms with Crippen LogP contribution >= 0.6 is 0 Å². The Morgan fingerprint density at radius 3 is 2.47 bits per heavy atom. The van der Waals surface area contributed by atoms with Gasteiger partial charge >= 0.3 is 12.2 Å². The molecule has 0 aliphatic carbocycles. The Bertz CT molecular complexity index is 1200. The van der Waals surface area contributed by atoms with Gasteiger partial charge in [0.1, 0.15) is 0 Å². The zero-order chi connectivity index (χ0) is 22.9. The standard InChI is InChI=1S/C25H20F3N3O/c1-16-14-17(15-29)6-11-22(16)30-24(32)31-13-12-18-4-2-3-5-21(18)23(31)19-7-9-20(10-8-19)25(26,27)28/h2-11,14,23H,12-13H2,1H3,(H,30,32). The molecule has 0 saturated carbocycles. The molecule has 1 aliphatic heterocycles.